The molecule has 0 amide bonds. The van der Waals surface area contributed by atoms with Crippen LogP contribution in [0.5, 0.6) is 0 Å². The van der Waals surface area contributed by atoms with E-state index in [2.05, 4.69) is 30.7 Å². The van der Waals surface area contributed by atoms with Crippen LogP contribution in [0.3, 0.4) is 0 Å². The van der Waals surface area contributed by atoms with Gasteiger partial charge in [-0.05, 0) is 6.92 Å². The Morgan fingerprint density at radius 3 is 2.50 bits per heavy atom. The Morgan fingerprint density at radius 1 is 1.15 bits per heavy atom. The van der Waals surface area contributed by atoms with Crippen LogP contribution in [0.2, 0.25) is 0 Å². The van der Waals surface area contributed by atoms with Crippen molar-refractivity contribution in [3.8, 4) is 0 Å². The summed E-state index contributed by atoms with van der Waals surface area (Å²) in [7, 11) is 0. The second-order valence-corrected chi connectivity index (χ2v) is 4.80. The average Bonchev–Trinajstić information content (AvgIpc) is 2.46. The predicted molar refractivity (Wildman–Crippen MR) is 78.0 cm³/mol. The number of nitrogens with one attached hydrogen (secondary N) is 2. The predicted octanol–water partition coefficient (Wildman–Crippen LogP) is 1.60. The first-order valence-electron chi connectivity index (χ1n) is 6.45. The van der Waals surface area contributed by atoms with Crippen LogP contribution >= 0.6 is 0 Å². The molecule has 0 bridgehead atoms. The fourth-order valence-electron chi connectivity index (χ4n) is 1.58. The van der Waals surface area contributed by atoms with Gasteiger partial charge in [0.05, 0.1) is 24.1 Å². The first-order chi connectivity index (χ1) is 9.58. The minimum Gasteiger partial charge on any atom is -0.364 e. The second kappa shape index (κ2) is 6.25. The van der Waals surface area contributed by atoms with Gasteiger partial charge >= 0.3 is 0 Å². The summed E-state index contributed by atoms with van der Waals surface area (Å²) >= 11 is 0. The molecule has 0 fully saturated rings. The highest BCUT2D eigenvalue weighted by atomic mass is 15.3. The first-order valence-corrected chi connectivity index (χ1v) is 6.45. The number of rotatable bonds is 5. The molecule has 0 radical (unpaired) electrons. The van der Waals surface area contributed by atoms with E-state index in [0.717, 1.165) is 17.2 Å². The number of nitrogens with zero attached hydrogens (tertiary/aromatic N) is 4. The molecule has 2 heterocycles. The molecule has 2 rings (SSSR count). The van der Waals surface area contributed by atoms with Crippen LogP contribution in [-0.2, 0) is 6.54 Å². The Morgan fingerprint density at radius 2 is 1.90 bits per heavy atom. The lowest BCUT2D eigenvalue weighted by Gasteiger charge is -2.11. The van der Waals surface area contributed by atoms with E-state index in [0.29, 0.717) is 18.2 Å². The summed E-state index contributed by atoms with van der Waals surface area (Å²) < 4.78 is 0. The summed E-state index contributed by atoms with van der Waals surface area (Å²) in [6.07, 6.45) is 3.48. The number of hydrogen-bond acceptors (Lipinski definition) is 7. The Hall–Kier alpha value is -2.28. The van der Waals surface area contributed by atoms with E-state index >= 15 is 0 Å². The quantitative estimate of drug-likeness (QED) is 0.561. The normalized spacial score (nSPS) is 10.7. The zero-order valence-corrected chi connectivity index (χ0v) is 11.9. The lowest BCUT2D eigenvalue weighted by Crippen LogP contribution is -2.13. The van der Waals surface area contributed by atoms with Crippen molar-refractivity contribution in [3.05, 3.63) is 35.7 Å². The van der Waals surface area contributed by atoms with Gasteiger partial charge in [-0.3, -0.25) is 9.97 Å². The van der Waals surface area contributed by atoms with Gasteiger partial charge in [0.2, 0.25) is 0 Å². The molecule has 2 aromatic heterocycles. The van der Waals surface area contributed by atoms with Crippen molar-refractivity contribution in [3.63, 3.8) is 0 Å². The van der Waals surface area contributed by atoms with Crippen LogP contribution in [0.4, 0.5) is 11.6 Å². The van der Waals surface area contributed by atoms with Gasteiger partial charge in [-0.15, -0.1) is 0 Å². The maximum absolute atomic E-state index is 5.42. The number of hydrazine groups is 1. The smallest absolute Gasteiger partial charge is 0.145 e. The van der Waals surface area contributed by atoms with Gasteiger partial charge in [-0.25, -0.2) is 15.8 Å². The van der Waals surface area contributed by atoms with E-state index in [-0.39, 0.29) is 5.92 Å². The highest BCUT2D eigenvalue weighted by Crippen LogP contribution is 2.16. The molecule has 4 N–H and O–H groups in total. The van der Waals surface area contributed by atoms with Crippen molar-refractivity contribution < 1.29 is 0 Å². The highest BCUT2D eigenvalue weighted by Gasteiger charge is 2.07. The van der Waals surface area contributed by atoms with Crippen LogP contribution in [0.15, 0.2) is 18.5 Å². The summed E-state index contributed by atoms with van der Waals surface area (Å²) in [6, 6.07) is 1.76. The SMILES string of the molecule is Cc1cnc(CNc2cc(NN)nc(C(C)C)n2)cn1. The minimum atomic E-state index is 0.225. The van der Waals surface area contributed by atoms with Crippen LogP contribution in [-0.4, -0.2) is 19.9 Å². The number of nitrogens with two attached hydrogens (primary N) is 1. The zero-order chi connectivity index (χ0) is 14.5. The third-order valence-corrected chi connectivity index (χ3v) is 2.69. The van der Waals surface area contributed by atoms with Crippen molar-refractivity contribution in [2.75, 3.05) is 10.7 Å². The van der Waals surface area contributed by atoms with E-state index in [9.17, 15) is 0 Å². The summed E-state index contributed by atoms with van der Waals surface area (Å²) in [4.78, 5) is 17.2. The van der Waals surface area contributed by atoms with E-state index in [1.54, 1.807) is 18.5 Å². The van der Waals surface area contributed by atoms with E-state index in [4.69, 9.17) is 5.84 Å². The van der Waals surface area contributed by atoms with Gasteiger partial charge in [0.1, 0.15) is 17.5 Å². The molecule has 7 nitrogen and oxygen atoms in total. The number of aryl methyl sites for hydroxylation is 1. The molecule has 0 aliphatic rings. The van der Waals surface area contributed by atoms with Crippen LogP contribution in [0.25, 0.3) is 0 Å². The van der Waals surface area contributed by atoms with Crippen LogP contribution < -0.4 is 16.6 Å². The summed E-state index contributed by atoms with van der Waals surface area (Å²) in [5, 5.41) is 3.20. The lowest BCUT2D eigenvalue weighted by molar-refractivity contribution is 0.774. The monoisotopic (exact) mass is 273 g/mol. The van der Waals surface area contributed by atoms with Gasteiger partial charge < -0.3 is 10.7 Å². The van der Waals surface area contributed by atoms with Gasteiger partial charge in [-0.1, -0.05) is 13.8 Å². The van der Waals surface area contributed by atoms with Gasteiger partial charge in [-0.2, -0.15) is 0 Å². The maximum Gasteiger partial charge on any atom is 0.145 e. The number of aromatic nitrogens is 4. The van der Waals surface area contributed by atoms with E-state index < -0.39 is 0 Å². The maximum atomic E-state index is 5.42. The van der Waals surface area contributed by atoms with Crippen molar-refractivity contribution in [2.45, 2.75) is 33.2 Å². The van der Waals surface area contributed by atoms with Crippen LogP contribution in [0.1, 0.15) is 37.0 Å². The zero-order valence-electron chi connectivity index (χ0n) is 11.9. The van der Waals surface area contributed by atoms with Gasteiger partial charge in [0, 0.05) is 18.2 Å². The molecule has 0 saturated carbocycles. The molecule has 0 spiro atoms. The van der Waals surface area contributed by atoms with Crippen molar-refractivity contribution in [2.24, 2.45) is 5.84 Å². The summed E-state index contributed by atoms with van der Waals surface area (Å²) in [6.45, 7) is 6.52. The Balaban J connectivity index is 2.12. The molecule has 7 heteroatoms. The van der Waals surface area contributed by atoms with E-state index in [1.165, 1.54) is 0 Å². The third kappa shape index (κ3) is 3.61. The fraction of sp³-hybridized carbons (Fsp3) is 0.385. The molecule has 0 aliphatic heterocycles. The summed E-state index contributed by atoms with van der Waals surface area (Å²) in [5.41, 5.74) is 4.29. The molecule has 0 aromatic carbocycles. The number of nitrogen functional groups attached to an aromatic ring is 1. The molecule has 20 heavy (non-hydrogen) atoms. The van der Waals surface area contributed by atoms with Crippen molar-refractivity contribution in [1.29, 1.82) is 0 Å². The molecular weight excluding hydrogens is 254 g/mol. The molecule has 0 saturated heterocycles. The molecule has 2 aromatic rings. The van der Waals surface area contributed by atoms with Crippen molar-refractivity contribution >= 4 is 11.6 Å². The Labute approximate surface area is 118 Å². The average molecular weight is 273 g/mol. The number of anilines is 2. The third-order valence-electron chi connectivity index (χ3n) is 2.69. The Kier molecular flexibility index (Phi) is 4.41. The van der Waals surface area contributed by atoms with Gasteiger partial charge in [0.25, 0.3) is 0 Å². The second-order valence-electron chi connectivity index (χ2n) is 4.80. The van der Waals surface area contributed by atoms with Crippen molar-refractivity contribution in [1.82, 2.24) is 19.9 Å². The fourth-order valence-corrected chi connectivity index (χ4v) is 1.58. The number of hydrogen-bond donors (Lipinski definition) is 3. The molecule has 0 atom stereocenters. The molecule has 0 aliphatic carbocycles. The summed E-state index contributed by atoms with van der Waals surface area (Å²) in [5.74, 6) is 7.67. The highest BCUT2D eigenvalue weighted by molar-refractivity contribution is 5.47. The van der Waals surface area contributed by atoms with E-state index in [1.807, 2.05) is 20.8 Å². The molecule has 106 valence electrons. The van der Waals surface area contributed by atoms with Crippen LogP contribution in [0, 0.1) is 6.92 Å². The lowest BCUT2D eigenvalue weighted by atomic mass is 10.2. The molecule has 0 unspecified atom stereocenters. The minimum absolute atomic E-state index is 0.225. The van der Waals surface area contributed by atoms with Gasteiger partial charge in [0.15, 0.2) is 0 Å². The standard InChI is InChI=1S/C13H19N7/c1-8(2)13-18-11(4-12(19-13)20-14)17-7-10-6-15-9(3)5-16-10/h4-6,8H,7,14H2,1-3H3,(H2,17,18,19,20). The first kappa shape index (κ1) is 14.1. The largest absolute Gasteiger partial charge is 0.364 e. The molecular formula is C13H19N7. The topological polar surface area (TPSA) is 102 Å². The Bertz CT molecular complexity index is 565.